The van der Waals surface area contributed by atoms with Gasteiger partial charge in [0, 0.05) is 38.3 Å². The molecule has 0 spiro atoms. The van der Waals surface area contributed by atoms with Gasteiger partial charge in [-0.25, -0.2) is 0 Å². The highest BCUT2D eigenvalue weighted by Gasteiger charge is 2.36. The van der Waals surface area contributed by atoms with Crippen molar-refractivity contribution in [2.75, 3.05) is 26.4 Å². The quantitative estimate of drug-likeness (QED) is 0.270. The molecule has 2 rings (SSSR count). The number of rotatable bonds is 15. The Labute approximate surface area is 185 Å². The zero-order chi connectivity index (χ0) is 21.6. The Balaban J connectivity index is 1.47. The maximum atomic E-state index is 5.99. The van der Waals surface area contributed by atoms with Gasteiger partial charge in [-0.2, -0.15) is 0 Å². The van der Waals surface area contributed by atoms with E-state index in [-0.39, 0.29) is 12.2 Å². The lowest BCUT2D eigenvalue weighted by molar-refractivity contribution is -0.0392. The average molecular weight is 426 g/mol. The minimum absolute atomic E-state index is 0.268. The van der Waals surface area contributed by atoms with E-state index in [1.54, 1.807) is 0 Å². The minimum Gasteiger partial charge on any atom is -0.386 e. The molecule has 0 N–H and O–H groups in total. The van der Waals surface area contributed by atoms with E-state index in [2.05, 4.69) is 27.7 Å². The summed E-state index contributed by atoms with van der Waals surface area (Å²) in [5, 5.41) is 0. The van der Waals surface area contributed by atoms with Crippen LogP contribution in [-0.2, 0) is 27.9 Å². The minimum atomic E-state index is -0.490. The van der Waals surface area contributed by atoms with Crippen molar-refractivity contribution in [3.05, 3.63) is 0 Å². The van der Waals surface area contributed by atoms with Gasteiger partial charge in [0.1, 0.15) is 0 Å². The molecule has 0 saturated carbocycles. The zero-order valence-corrected chi connectivity index (χ0v) is 19.8. The summed E-state index contributed by atoms with van der Waals surface area (Å²) in [6, 6.07) is 0. The highest BCUT2D eigenvalue weighted by molar-refractivity contribution is 6.36. The number of unbranched alkanes of at least 4 members (excludes halogenated alkanes) is 3. The van der Waals surface area contributed by atoms with E-state index < -0.39 is 14.6 Å². The third kappa shape index (κ3) is 9.17. The average Bonchev–Trinajstić information content (AvgIpc) is 2.76. The Morgan fingerprint density at radius 2 is 1.10 bits per heavy atom. The van der Waals surface area contributed by atoms with Crippen LogP contribution in [-0.4, -0.2) is 53.3 Å². The van der Waals surface area contributed by atoms with Gasteiger partial charge in [-0.1, -0.05) is 53.4 Å². The summed E-state index contributed by atoms with van der Waals surface area (Å²) in [7, 11) is -0.979. The Bertz CT molecular complexity index is 392. The molecule has 0 aromatic rings. The molecule has 30 heavy (non-hydrogen) atoms. The van der Waals surface area contributed by atoms with Crippen molar-refractivity contribution in [2.24, 2.45) is 11.8 Å². The smallest absolute Gasteiger partial charge is 0.386 e. The van der Waals surface area contributed by atoms with Gasteiger partial charge >= 0.3 is 14.6 Å². The summed E-state index contributed by atoms with van der Waals surface area (Å²) >= 11 is 0. The van der Waals surface area contributed by atoms with E-state index in [9.17, 15) is 0 Å². The van der Waals surface area contributed by atoms with Gasteiger partial charge in [0.05, 0.1) is 12.2 Å². The monoisotopic (exact) mass is 426 g/mol. The standard InChI is InChI=1S/C22H44B2O6/c1-5-13-21-19(7-3)17-27-23(29-21)25-15-11-9-10-12-16-26-24-28-18-20(8-4)22(30-24)14-6-2/h19-22H,5-18H2,1-4H3. The van der Waals surface area contributed by atoms with E-state index in [4.69, 9.17) is 27.9 Å². The van der Waals surface area contributed by atoms with Crippen LogP contribution in [0.5, 0.6) is 0 Å². The molecule has 2 aliphatic rings. The summed E-state index contributed by atoms with van der Waals surface area (Å²) in [6.45, 7) is 11.6. The van der Waals surface area contributed by atoms with Crippen LogP contribution in [0.4, 0.5) is 0 Å². The van der Waals surface area contributed by atoms with E-state index in [1.165, 1.54) is 0 Å². The van der Waals surface area contributed by atoms with E-state index in [0.29, 0.717) is 25.0 Å². The highest BCUT2D eigenvalue weighted by Crippen LogP contribution is 2.25. The molecule has 174 valence electrons. The number of hydrogen-bond acceptors (Lipinski definition) is 6. The first-order chi connectivity index (χ1) is 14.7. The third-order valence-electron chi connectivity index (χ3n) is 6.26. The van der Waals surface area contributed by atoms with Gasteiger partial charge in [0.15, 0.2) is 0 Å². The lowest BCUT2D eigenvalue weighted by Crippen LogP contribution is -2.44. The van der Waals surface area contributed by atoms with Crippen LogP contribution in [0.15, 0.2) is 0 Å². The van der Waals surface area contributed by atoms with Gasteiger partial charge < -0.3 is 27.9 Å². The second kappa shape index (κ2) is 15.7. The van der Waals surface area contributed by atoms with Crippen molar-refractivity contribution in [3.8, 4) is 0 Å². The van der Waals surface area contributed by atoms with Crippen molar-refractivity contribution >= 4 is 14.6 Å². The molecular formula is C22H44B2O6. The first-order valence-electron chi connectivity index (χ1n) is 12.5. The molecule has 2 aliphatic heterocycles. The van der Waals surface area contributed by atoms with E-state index in [0.717, 1.165) is 77.4 Å². The van der Waals surface area contributed by atoms with Crippen LogP contribution >= 0.6 is 0 Å². The second-order valence-corrected chi connectivity index (χ2v) is 8.66. The fourth-order valence-electron chi connectivity index (χ4n) is 4.23. The molecule has 6 nitrogen and oxygen atoms in total. The maximum absolute atomic E-state index is 5.99. The van der Waals surface area contributed by atoms with Gasteiger partial charge in [-0.05, 0) is 38.5 Å². The van der Waals surface area contributed by atoms with E-state index >= 15 is 0 Å². The fourth-order valence-corrected chi connectivity index (χ4v) is 4.23. The van der Waals surface area contributed by atoms with Crippen LogP contribution in [0, 0.1) is 11.8 Å². The molecule has 4 unspecified atom stereocenters. The topological polar surface area (TPSA) is 55.4 Å². The molecule has 0 bridgehead atoms. The van der Waals surface area contributed by atoms with Crippen molar-refractivity contribution in [2.45, 2.75) is 104 Å². The number of hydrogen-bond donors (Lipinski definition) is 0. The molecule has 0 aromatic carbocycles. The summed E-state index contributed by atoms with van der Waals surface area (Å²) in [6.07, 6.45) is 11.4. The summed E-state index contributed by atoms with van der Waals surface area (Å²) in [4.78, 5) is 0. The Morgan fingerprint density at radius 1 is 0.667 bits per heavy atom. The van der Waals surface area contributed by atoms with E-state index in [1.807, 2.05) is 0 Å². The SMILES string of the molecule is CCCC1OB(OCCCCCCOB2OCC(CC)C(CCC)O2)OCC1CC. The van der Waals surface area contributed by atoms with Gasteiger partial charge in [0.25, 0.3) is 0 Å². The molecule has 0 amide bonds. The Morgan fingerprint density at radius 3 is 1.47 bits per heavy atom. The summed E-state index contributed by atoms with van der Waals surface area (Å²) < 4.78 is 35.0. The maximum Gasteiger partial charge on any atom is 0.639 e. The van der Waals surface area contributed by atoms with Gasteiger partial charge in [-0.3, -0.25) is 0 Å². The van der Waals surface area contributed by atoms with Crippen molar-refractivity contribution in [3.63, 3.8) is 0 Å². The molecular weight excluding hydrogens is 382 g/mol. The molecule has 0 aliphatic carbocycles. The molecule has 2 saturated heterocycles. The normalized spacial score (nSPS) is 27.6. The highest BCUT2D eigenvalue weighted by atomic mass is 16.7. The molecule has 0 aromatic heterocycles. The second-order valence-electron chi connectivity index (χ2n) is 8.66. The van der Waals surface area contributed by atoms with Crippen LogP contribution in [0.3, 0.4) is 0 Å². The van der Waals surface area contributed by atoms with Crippen molar-refractivity contribution < 1.29 is 27.9 Å². The van der Waals surface area contributed by atoms with Crippen LogP contribution in [0.1, 0.15) is 91.9 Å². The van der Waals surface area contributed by atoms with Gasteiger partial charge in [0.2, 0.25) is 0 Å². The first-order valence-corrected chi connectivity index (χ1v) is 12.5. The molecule has 0 radical (unpaired) electrons. The Hall–Kier alpha value is -0.110. The fraction of sp³-hybridized carbons (Fsp3) is 1.00. The zero-order valence-electron chi connectivity index (χ0n) is 19.8. The molecule has 8 heteroatoms. The summed E-state index contributed by atoms with van der Waals surface area (Å²) in [5.74, 6) is 0.985. The molecule has 2 fully saturated rings. The van der Waals surface area contributed by atoms with Gasteiger partial charge in [-0.15, -0.1) is 0 Å². The first kappa shape index (κ1) is 26.1. The van der Waals surface area contributed by atoms with Crippen LogP contribution in [0.25, 0.3) is 0 Å². The lowest BCUT2D eigenvalue weighted by atomic mass is 9.92. The predicted molar refractivity (Wildman–Crippen MR) is 121 cm³/mol. The lowest BCUT2D eigenvalue weighted by Gasteiger charge is -2.34. The molecule has 4 atom stereocenters. The third-order valence-corrected chi connectivity index (χ3v) is 6.26. The Kier molecular flexibility index (Phi) is 13.6. The van der Waals surface area contributed by atoms with Crippen LogP contribution < -0.4 is 0 Å². The van der Waals surface area contributed by atoms with Crippen LogP contribution in [0.2, 0.25) is 0 Å². The van der Waals surface area contributed by atoms with Crippen molar-refractivity contribution in [1.82, 2.24) is 0 Å². The largest absolute Gasteiger partial charge is 0.639 e. The predicted octanol–water partition coefficient (Wildman–Crippen LogP) is 5.03. The van der Waals surface area contributed by atoms with Crippen molar-refractivity contribution in [1.29, 1.82) is 0 Å². The molecule has 2 heterocycles. The summed E-state index contributed by atoms with van der Waals surface area (Å²) in [5.41, 5.74) is 0.